The predicted molar refractivity (Wildman–Crippen MR) is 152 cm³/mol. The van der Waals surface area contributed by atoms with E-state index in [1.54, 1.807) is 6.20 Å². The number of aryl methyl sites for hydroxylation is 2. The molecule has 5 nitrogen and oxygen atoms in total. The molecule has 2 heterocycles. The average Bonchev–Trinajstić information content (AvgIpc) is 3.29. The summed E-state index contributed by atoms with van der Waals surface area (Å²) in [6, 6.07) is 26.2. The molecule has 37 heavy (non-hydrogen) atoms. The van der Waals surface area contributed by atoms with Gasteiger partial charge >= 0.3 is 0 Å². The number of hydrogen-bond acceptors (Lipinski definition) is 5. The average molecular weight is 512 g/mol. The van der Waals surface area contributed by atoms with Gasteiger partial charge in [-0.25, -0.2) is 4.98 Å². The van der Waals surface area contributed by atoms with Crippen LogP contribution in [0.1, 0.15) is 11.1 Å². The number of nitrogen functional groups attached to an aromatic ring is 1. The van der Waals surface area contributed by atoms with E-state index in [1.807, 2.05) is 68.7 Å². The molecule has 0 unspecified atom stereocenters. The number of halogens is 1. The van der Waals surface area contributed by atoms with Crippen molar-refractivity contribution in [2.75, 3.05) is 33.0 Å². The van der Waals surface area contributed by atoms with Crippen molar-refractivity contribution < 1.29 is 9.15 Å². The number of likely N-dealkylation sites (N-methyl/N-ethyl adjacent to an activating group) is 1. The van der Waals surface area contributed by atoms with Crippen LogP contribution in [0.15, 0.2) is 89.5 Å². The molecule has 0 aliphatic heterocycles. The fourth-order valence-corrected chi connectivity index (χ4v) is 4.59. The minimum Gasteiger partial charge on any atom is -0.492 e. The number of hydrogen-bond donors (Lipinski definition) is 1. The Bertz CT molecular complexity index is 1480. The number of pyridine rings is 1. The molecule has 0 fully saturated rings. The number of benzene rings is 3. The number of fused-ring (bicyclic) bond motifs is 1. The minimum absolute atomic E-state index is 0.584. The Labute approximate surface area is 222 Å². The number of nitrogens with two attached hydrogens (primary N) is 1. The highest BCUT2D eigenvalue weighted by molar-refractivity contribution is 6.30. The SMILES string of the molecule is CN(C)CCOc1ccc(-c2oc3ncc(N)c(CCc4ccc(Cl)cc4)c3c2-c2ccccc2)cc1. The highest BCUT2D eigenvalue weighted by Gasteiger charge is 2.22. The van der Waals surface area contributed by atoms with Gasteiger partial charge < -0.3 is 19.8 Å². The monoisotopic (exact) mass is 511 g/mol. The lowest BCUT2D eigenvalue weighted by Crippen LogP contribution is -2.19. The third-order valence-electron chi connectivity index (χ3n) is 6.42. The Balaban J connectivity index is 1.56. The molecule has 188 valence electrons. The summed E-state index contributed by atoms with van der Waals surface area (Å²) < 4.78 is 12.3. The molecule has 6 heteroatoms. The first-order chi connectivity index (χ1) is 18.0. The van der Waals surface area contributed by atoms with Crippen molar-refractivity contribution in [1.82, 2.24) is 9.88 Å². The summed E-state index contributed by atoms with van der Waals surface area (Å²) in [5.41, 5.74) is 13.0. The largest absolute Gasteiger partial charge is 0.492 e. The zero-order valence-corrected chi connectivity index (χ0v) is 21.8. The van der Waals surface area contributed by atoms with E-state index >= 15 is 0 Å². The minimum atomic E-state index is 0.584. The highest BCUT2D eigenvalue weighted by atomic mass is 35.5. The van der Waals surface area contributed by atoms with E-state index in [9.17, 15) is 0 Å². The summed E-state index contributed by atoms with van der Waals surface area (Å²) in [7, 11) is 4.06. The van der Waals surface area contributed by atoms with Gasteiger partial charge in [0.05, 0.1) is 17.3 Å². The summed E-state index contributed by atoms with van der Waals surface area (Å²) in [6.45, 7) is 1.49. The van der Waals surface area contributed by atoms with E-state index in [0.717, 1.165) is 63.6 Å². The number of aromatic nitrogens is 1. The second-order valence-corrected chi connectivity index (χ2v) is 9.78. The Morgan fingerprint density at radius 2 is 1.62 bits per heavy atom. The van der Waals surface area contributed by atoms with Gasteiger partial charge in [0.1, 0.15) is 18.1 Å². The smallest absolute Gasteiger partial charge is 0.227 e. The fraction of sp³-hybridized carbons (Fsp3) is 0.194. The summed E-state index contributed by atoms with van der Waals surface area (Å²) in [6.07, 6.45) is 3.28. The molecule has 0 aliphatic carbocycles. The van der Waals surface area contributed by atoms with Crippen LogP contribution in [0.3, 0.4) is 0 Å². The Morgan fingerprint density at radius 1 is 0.892 bits per heavy atom. The molecule has 2 aromatic heterocycles. The molecule has 2 N–H and O–H groups in total. The molecule has 0 atom stereocenters. The number of furan rings is 1. The lowest BCUT2D eigenvalue weighted by molar-refractivity contribution is 0.261. The van der Waals surface area contributed by atoms with Crippen LogP contribution in [0, 0.1) is 0 Å². The second kappa shape index (κ2) is 11.1. The highest BCUT2D eigenvalue weighted by Crippen LogP contribution is 2.43. The van der Waals surface area contributed by atoms with Crippen LogP contribution >= 0.6 is 11.6 Å². The fourth-order valence-electron chi connectivity index (χ4n) is 4.46. The van der Waals surface area contributed by atoms with Gasteiger partial charge in [0.25, 0.3) is 0 Å². The predicted octanol–water partition coefficient (Wildman–Crippen LogP) is 7.12. The lowest BCUT2D eigenvalue weighted by atomic mass is 9.94. The van der Waals surface area contributed by atoms with E-state index in [-0.39, 0.29) is 0 Å². The molecule has 0 saturated heterocycles. The van der Waals surface area contributed by atoms with Gasteiger partial charge in [-0.15, -0.1) is 0 Å². The molecule has 5 rings (SSSR count). The number of ether oxygens (including phenoxy) is 1. The number of anilines is 1. The van der Waals surface area contributed by atoms with Crippen molar-refractivity contribution >= 4 is 28.4 Å². The molecule has 3 aromatic carbocycles. The molecule has 0 spiro atoms. The third-order valence-corrected chi connectivity index (χ3v) is 6.68. The molecule has 0 aliphatic rings. The van der Waals surface area contributed by atoms with Crippen molar-refractivity contribution in [3.63, 3.8) is 0 Å². The molecule has 0 saturated carbocycles. The summed E-state index contributed by atoms with van der Waals surface area (Å²) in [4.78, 5) is 6.67. The quantitative estimate of drug-likeness (QED) is 0.228. The molecule has 5 aromatic rings. The van der Waals surface area contributed by atoms with Crippen LogP contribution in [0.2, 0.25) is 5.02 Å². The molecule has 0 amide bonds. The summed E-state index contributed by atoms with van der Waals surface area (Å²) >= 11 is 6.08. The van der Waals surface area contributed by atoms with E-state index in [0.29, 0.717) is 18.0 Å². The van der Waals surface area contributed by atoms with Gasteiger partial charge in [0, 0.05) is 22.7 Å². The first kappa shape index (κ1) is 24.9. The van der Waals surface area contributed by atoms with Crippen molar-refractivity contribution in [1.29, 1.82) is 0 Å². The number of nitrogens with zero attached hydrogens (tertiary/aromatic N) is 2. The maximum Gasteiger partial charge on any atom is 0.227 e. The zero-order chi connectivity index (χ0) is 25.8. The van der Waals surface area contributed by atoms with Crippen LogP contribution in [-0.2, 0) is 12.8 Å². The molecular weight excluding hydrogens is 482 g/mol. The van der Waals surface area contributed by atoms with Crippen LogP contribution in [0.4, 0.5) is 5.69 Å². The Kier molecular flexibility index (Phi) is 7.45. The van der Waals surface area contributed by atoms with Gasteiger partial charge in [0.15, 0.2) is 0 Å². The van der Waals surface area contributed by atoms with Gasteiger partial charge in [-0.2, -0.15) is 0 Å². The molecule has 0 bridgehead atoms. The van der Waals surface area contributed by atoms with Crippen molar-refractivity contribution in [2.24, 2.45) is 0 Å². The maximum atomic E-state index is 6.51. The van der Waals surface area contributed by atoms with E-state index in [1.165, 1.54) is 5.56 Å². The molecular formula is C31H30ClN3O2. The van der Waals surface area contributed by atoms with E-state index in [4.69, 9.17) is 26.5 Å². The Hall–Kier alpha value is -3.80. The zero-order valence-electron chi connectivity index (χ0n) is 21.1. The van der Waals surface area contributed by atoms with Gasteiger partial charge in [-0.05, 0) is 80.0 Å². The standard InChI is InChI=1S/C31H30ClN3O2/c1-35(2)18-19-36-25-15-11-23(12-16-25)30-28(22-6-4-3-5-7-22)29-26(27(33)20-34-31(29)37-30)17-10-21-8-13-24(32)14-9-21/h3-9,11-16,20H,10,17-19,33H2,1-2H3. The Morgan fingerprint density at radius 3 is 2.32 bits per heavy atom. The third kappa shape index (κ3) is 5.63. The van der Waals surface area contributed by atoms with Gasteiger partial charge in [-0.1, -0.05) is 54.1 Å². The first-order valence-electron chi connectivity index (χ1n) is 12.4. The molecule has 0 radical (unpaired) electrons. The van der Waals surface area contributed by atoms with Gasteiger partial charge in [0.2, 0.25) is 5.71 Å². The van der Waals surface area contributed by atoms with Gasteiger partial charge in [-0.3, -0.25) is 0 Å². The van der Waals surface area contributed by atoms with Crippen LogP contribution in [-0.4, -0.2) is 37.1 Å². The van der Waals surface area contributed by atoms with Crippen LogP contribution < -0.4 is 10.5 Å². The van der Waals surface area contributed by atoms with Crippen LogP contribution in [0.5, 0.6) is 5.75 Å². The second-order valence-electron chi connectivity index (χ2n) is 9.35. The van der Waals surface area contributed by atoms with Crippen LogP contribution in [0.25, 0.3) is 33.6 Å². The number of rotatable bonds is 9. The first-order valence-corrected chi connectivity index (χ1v) is 12.7. The van der Waals surface area contributed by atoms with E-state index in [2.05, 4.69) is 34.1 Å². The normalized spacial score (nSPS) is 11.4. The van der Waals surface area contributed by atoms with Crippen molar-refractivity contribution in [3.8, 4) is 28.2 Å². The summed E-state index contributed by atoms with van der Waals surface area (Å²) in [5.74, 6) is 1.60. The maximum absolute atomic E-state index is 6.51. The van der Waals surface area contributed by atoms with E-state index < -0.39 is 0 Å². The van der Waals surface area contributed by atoms with Crippen molar-refractivity contribution in [2.45, 2.75) is 12.8 Å². The summed E-state index contributed by atoms with van der Waals surface area (Å²) in [5, 5.41) is 1.69. The lowest BCUT2D eigenvalue weighted by Gasteiger charge is -2.11. The van der Waals surface area contributed by atoms with Crippen molar-refractivity contribution in [3.05, 3.63) is 101 Å². The topological polar surface area (TPSA) is 64.5 Å².